The van der Waals surface area contributed by atoms with Crippen molar-refractivity contribution < 1.29 is 0 Å². The van der Waals surface area contributed by atoms with E-state index in [-0.39, 0.29) is 0 Å². The van der Waals surface area contributed by atoms with Crippen molar-refractivity contribution in [3.8, 4) is 0 Å². The molecule has 2 aromatic rings. The van der Waals surface area contributed by atoms with E-state index in [1.54, 1.807) is 10.7 Å². The highest BCUT2D eigenvalue weighted by Crippen LogP contribution is 2.01. The molecule has 0 spiro atoms. The summed E-state index contributed by atoms with van der Waals surface area (Å²) in [6, 6.07) is 1.95. The van der Waals surface area contributed by atoms with Crippen molar-refractivity contribution in [3.05, 3.63) is 23.7 Å². The second-order valence-electron chi connectivity index (χ2n) is 2.55. The van der Waals surface area contributed by atoms with E-state index in [2.05, 4.69) is 15.3 Å². The van der Waals surface area contributed by atoms with Crippen LogP contribution in [-0.4, -0.2) is 19.8 Å². The molecule has 4 nitrogen and oxygen atoms in total. The van der Waals surface area contributed by atoms with Crippen LogP contribution in [0.3, 0.4) is 0 Å². The maximum atomic E-state index is 4.13. The SMILES string of the molecule is Cc1cnn2c(C)nnc2c1. The van der Waals surface area contributed by atoms with E-state index < -0.39 is 0 Å². The van der Waals surface area contributed by atoms with Crippen LogP contribution in [-0.2, 0) is 0 Å². The number of fused-ring (bicyclic) bond motifs is 1. The van der Waals surface area contributed by atoms with Crippen LogP contribution < -0.4 is 0 Å². The van der Waals surface area contributed by atoms with Gasteiger partial charge >= 0.3 is 0 Å². The molecule has 0 fully saturated rings. The van der Waals surface area contributed by atoms with Gasteiger partial charge in [0.15, 0.2) is 11.5 Å². The van der Waals surface area contributed by atoms with Crippen LogP contribution in [0.4, 0.5) is 0 Å². The standard InChI is InChI=1S/C7H8N4/c1-5-3-7-10-9-6(2)11(7)8-4-5/h3-4H,1-2H3. The first kappa shape index (κ1) is 6.27. The van der Waals surface area contributed by atoms with E-state index in [4.69, 9.17) is 0 Å². The Morgan fingerprint density at radius 3 is 2.91 bits per heavy atom. The van der Waals surface area contributed by atoms with Crippen LogP contribution in [0.15, 0.2) is 12.3 Å². The summed E-state index contributed by atoms with van der Waals surface area (Å²) >= 11 is 0. The second kappa shape index (κ2) is 2.02. The van der Waals surface area contributed by atoms with Crippen LogP contribution in [0.1, 0.15) is 11.4 Å². The summed E-state index contributed by atoms with van der Waals surface area (Å²) in [6.07, 6.45) is 1.80. The molecule has 0 bridgehead atoms. The van der Waals surface area contributed by atoms with Gasteiger partial charge in [-0.2, -0.15) is 9.61 Å². The van der Waals surface area contributed by atoms with Crippen molar-refractivity contribution in [1.82, 2.24) is 19.8 Å². The van der Waals surface area contributed by atoms with E-state index in [9.17, 15) is 0 Å². The molecule has 0 atom stereocenters. The number of hydrogen-bond acceptors (Lipinski definition) is 3. The van der Waals surface area contributed by atoms with Gasteiger partial charge in [0.05, 0.1) is 6.20 Å². The van der Waals surface area contributed by atoms with Gasteiger partial charge in [-0.3, -0.25) is 0 Å². The summed E-state index contributed by atoms with van der Waals surface area (Å²) in [4.78, 5) is 0. The first-order chi connectivity index (χ1) is 5.27. The molecular weight excluding hydrogens is 140 g/mol. The highest BCUT2D eigenvalue weighted by Gasteiger charge is 1.99. The van der Waals surface area contributed by atoms with Gasteiger partial charge in [0, 0.05) is 0 Å². The third-order valence-electron chi connectivity index (χ3n) is 1.55. The molecule has 0 aromatic carbocycles. The fraction of sp³-hybridized carbons (Fsp3) is 0.286. The number of hydrogen-bond donors (Lipinski definition) is 0. The van der Waals surface area contributed by atoms with Crippen LogP contribution in [0.5, 0.6) is 0 Å². The normalized spacial score (nSPS) is 10.7. The Morgan fingerprint density at radius 1 is 1.27 bits per heavy atom. The minimum absolute atomic E-state index is 0.808. The molecule has 0 aliphatic rings. The van der Waals surface area contributed by atoms with E-state index in [1.165, 1.54) is 0 Å². The lowest BCUT2D eigenvalue weighted by Crippen LogP contribution is -1.93. The average Bonchev–Trinajstić information content (AvgIpc) is 2.32. The Kier molecular flexibility index (Phi) is 1.15. The van der Waals surface area contributed by atoms with Crippen molar-refractivity contribution in [1.29, 1.82) is 0 Å². The molecule has 0 amide bonds. The Bertz CT molecular complexity index is 390. The molecule has 56 valence electrons. The van der Waals surface area contributed by atoms with Crippen molar-refractivity contribution in [2.75, 3.05) is 0 Å². The Labute approximate surface area is 63.9 Å². The third-order valence-corrected chi connectivity index (χ3v) is 1.55. The van der Waals surface area contributed by atoms with Gasteiger partial charge in [-0.05, 0) is 25.5 Å². The monoisotopic (exact) mass is 148 g/mol. The third kappa shape index (κ3) is 0.869. The summed E-state index contributed by atoms with van der Waals surface area (Å²) in [5.74, 6) is 0.819. The van der Waals surface area contributed by atoms with Gasteiger partial charge in [-0.15, -0.1) is 10.2 Å². The molecule has 11 heavy (non-hydrogen) atoms. The predicted octanol–water partition coefficient (Wildman–Crippen LogP) is 0.741. The van der Waals surface area contributed by atoms with Gasteiger partial charge < -0.3 is 0 Å². The van der Waals surface area contributed by atoms with Crippen LogP contribution in [0.2, 0.25) is 0 Å². The quantitative estimate of drug-likeness (QED) is 0.553. The summed E-state index contributed by atoms with van der Waals surface area (Å²) in [6.45, 7) is 3.86. The van der Waals surface area contributed by atoms with E-state index in [1.807, 2.05) is 19.9 Å². The Hall–Kier alpha value is -1.45. The summed E-state index contributed by atoms with van der Waals surface area (Å²) in [5, 5.41) is 11.9. The van der Waals surface area contributed by atoms with E-state index in [0.29, 0.717) is 0 Å². The van der Waals surface area contributed by atoms with Crippen molar-refractivity contribution in [3.63, 3.8) is 0 Å². The highest BCUT2D eigenvalue weighted by atomic mass is 15.4. The largest absolute Gasteiger partial charge is 0.198 e. The second-order valence-corrected chi connectivity index (χ2v) is 2.55. The maximum Gasteiger partial charge on any atom is 0.178 e. The first-order valence-corrected chi connectivity index (χ1v) is 3.42. The maximum absolute atomic E-state index is 4.13. The number of rotatable bonds is 0. The van der Waals surface area contributed by atoms with Gasteiger partial charge in [0.1, 0.15) is 0 Å². The van der Waals surface area contributed by atoms with Gasteiger partial charge in [-0.25, -0.2) is 0 Å². The van der Waals surface area contributed by atoms with Crippen LogP contribution in [0.25, 0.3) is 5.65 Å². The molecule has 0 aliphatic heterocycles. The van der Waals surface area contributed by atoms with E-state index >= 15 is 0 Å². The zero-order chi connectivity index (χ0) is 7.84. The minimum atomic E-state index is 0.808. The molecule has 0 N–H and O–H groups in total. The fourth-order valence-corrected chi connectivity index (χ4v) is 0.997. The van der Waals surface area contributed by atoms with Gasteiger partial charge in [0.2, 0.25) is 0 Å². The van der Waals surface area contributed by atoms with Crippen molar-refractivity contribution in [2.45, 2.75) is 13.8 Å². The lowest BCUT2D eigenvalue weighted by molar-refractivity contribution is 0.869. The van der Waals surface area contributed by atoms with Crippen molar-refractivity contribution >= 4 is 5.65 Å². The average molecular weight is 148 g/mol. The molecule has 2 heterocycles. The van der Waals surface area contributed by atoms with Crippen LogP contribution in [0, 0.1) is 13.8 Å². The molecule has 0 saturated heterocycles. The molecule has 0 radical (unpaired) electrons. The number of aromatic nitrogens is 4. The molecule has 4 heteroatoms. The fourth-order valence-electron chi connectivity index (χ4n) is 0.997. The van der Waals surface area contributed by atoms with E-state index in [0.717, 1.165) is 17.0 Å². The molecule has 0 unspecified atom stereocenters. The molecular formula is C7H8N4. The summed E-state index contributed by atoms with van der Waals surface area (Å²) < 4.78 is 1.72. The number of aryl methyl sites for hydroxylation is 2. The van der Waals surface area contributed by atoms with Gasteiger partial charge in [-0.1, -0.05) is 0 Å². The summed E-state index contributed by atoms with van der Waals surface area (Å²) in [5.41, 5.74) is 1.91. The van der Waals surface area contributed by atoms with Gasteiger partial charge in [0.25, 0.3) is 0 Å². The molecule has 0 aliphatic carbocycles. The lowest BCUT2D eigenvalue weighted by Gasteiger charge is -1.92. The highest BCUT2D eigenvalue weighted by molar-refractivity contribution is 5.37. The van der Waals surface area contributed by atoms with Crippen LogP contribution >= 0.6 is 0 Å². The molecule has 0 saturated carbocycles. The lowest BCUT2D eigenvalue weighted by atomic mass is 10.3. The number of nitrogens with zero attached hydrogens (tertiary/aromatic N) is 4. The first-order valence-electron chi connectivity index (χ1n) is 3.42. The predicted molar refractivity (Wildman–Crippen MR) is 40.3 cm³/mol. The summed E-state index contributed by atoms with van der Waals surface area (Å²) in [7, 11) is 0. The minimum Gasteiger partial charge on any atom is -0.198 e. The van der Waals surface area contributed by atoms with Crippen molar-refractivity contribution in [2.24, 2.45) is 0 Å². The molecule has 2 aromatic heterocycles. The smallest absolute Gasteiger partial charge is 0.178 e. The Balaban J connectivity index is 2.86. The molecule has 2 rings (SSSR count). The Morgan fingerprint density at radius 2 is 2.09 bits per heavy atom. The topological polar surface area (TPSA) is 43.1 Å². The zero-order valence-electron chi connectivity index (χ0n) is 6.44. The zero-order valence-corrected chi connectivity index (χ0v) is 6.44.